The molecule has 0 spiro atoms. The second kappa shape index (κ2) is 8.23. The molecule has 5 aliphatic carbocycles. The van der Waals surface area contributed by atoms with Gasteiger partial charge in [0.1, 0.15) is 5.60 Å². The predicted molar refractivity (Wildman–Crippen MR) is 111 cm³/mol. The summed E-state index contributed by atoms with van der Waals surface area (Å²) in [5.41, 5.74) is -3.49. The smallest absolute Gasteiger partial charge is 0.338 e. The monoisotopic (exact) mass is 432 g/mol. The van der Waals surface area contributed by atoms with Crippen LogP contribution in [0.2, 0.25) is 0 Å². The third-order valence-electron chi connectivity index (χ3n) is 9.77. The zero-order valence-corrected chi connectivity index (χ0v) is 18.8. The fourth-order valence-electron chi connectivity index (χ4n) is 8.00. The standard InChI is InChI=1S/C25H40F4O/c1-3-5-18-6-8-19(9-7-18)20-10-12-21(13-11-20)22-14-16-23(17-15-22,30-4-2)25(28,29)24(22,26)27/h18-21H,3-17H2,1-2H3. The van der Waals surface area contributed by atoms with Crippen LogP contribution in [0.5, 0.6) is 0 Å². The Bertz CT molecular complexity index is 580. The van der Waals surface area contributed by atoms with Crippen molar-refractivity contribution in [1.82, 2.24) is 0 Å². The summed E-state index contributed by atoms with van der Waals surface area (Å²) in [6.07, 6.45) is 11.6. The van der Waals surface area contributed by atoms with E-state index in [9.17, 15) is 0 Å². The molecular weight excluding hydrogens is 392 g/mol. The molecule has 174 valence electrons. The molecule has 0 aromatic rings. The molecule has 0 aliphatic heterocycles. The lowest BCUT2D eigenvalue weighted by Crippen LogP contribution is -2.75. The maximum Gasteiger partial charge on any atom is 0.338 e. The fourth-order valence-corrected chi connectivity index (χ4v) is 8.00. The van der Waals surface area contributed by atoms with Gasteiger partial charge in [-0.05, 0) is 94.8 Å². The van der Waals surface area contributed by atoms with Crippen LogP contribution in [0.25, 0.3) is 0 Å². The molecule has 1 nitrogen and oxygen atoms in total. The SMILES string of the molecule is CCCC1CCC(C2CCC(C34CCC(OCC)(CC3)C(F)(F)C4(F)F)CC2)CC1. The zero-order valence-electron chi connectivity index (χ0n) is 18.8. The molecule has 0 atom stereocenters. The number of rotatable bonds is 6. The Morgan fingerprint density at radius 2 is 1.23 bits per heavy atom. The van der Waals surface area contributed by atoms with Crippen molar-refractivity contribution >= 4 is 0 Å². The summed E-state index contributed by atoms with van der Waals surface area (Å²) in [6.45, 7) is 3.93. The average molecular weight is 433 g/mol. The maximum atomic E-state index is 15.4. The fraction of sp³-hybridized carbons (Fsp3) is 1.00. The first kappa shape index (κ1) is 22.9. The van der Waals surface area contributed by atoms with E-state index in [0.29, 0.717) is 18.8 Å². The van der Waals surface area contributed by atoms with Gasteiger partial charge in [-0.2, -0.15) is 17.6 Å². The molecule has 5 saturated carbocycles. The largest absolute Gasteiger partial charge is 0.369 e. The van der Waals surface area contributed by atoms with E-state index in [1.807, 2.05) is 0 Å². The van der Waals surface area contributed by atoms with E-state index in [4.69, 9.17) is 4.74 Å². The van der Waals surface area contributed by atoms with Gasteiger partial charge in [0.25, 0.3) is 0 Å². The van der Waals surface area contributed by atoms with Crippen LogP contribution in [0.1, 0.15) is 104 Å². The van der Waals surface area contributed by atoms with Crippen molar-refractivity contribution < 1.29 is 22.3 Å². The first-order valence-electron chi connectivity index (χ1n) is 12.6. The van der Waals surface area contributed by atoms with Gasteiger partial charge in [0.2, 0.25) is 0 Å². The predicted octanol–water partition coefficient (Wildman–Crippen LogP) is 8.02. The molecule has 5 rings (SSSR count). The Hall–Kier alpha value is -0.320. The third-order valence-corrected chi connectivity index (χ3v) is 9.77. The van der Waals surface area contributed by atoms with E-state index in [-0.39, 0.29) is 38.2 Å². The summed E-state index contributed by atoms with van der Waals surface area (Å²) >= 11 is 0. The van der Waals surface area contributed by atoms with Crippen LogP contribution in [-0.2, 0) is 4.74 Å². The van der Waals surface area contributed by atoms with Gasteiger partial charge in [0.05, 0.1) is 0 Å². The number of hydrogen-bond donors (Lipinski definition) is 0. The van der Waals surface area contributed by atoms with E-state index < -0.39 is 22.9 Å². The van der Waals surface area contributed by atoms with E-state index in [2.05, 4.69) is 6.92 Å². The third kappa shape index (κ3) is 3.27. The van der Waals surface area contributed by atoms with Crippen LogP contribution in [0, 0.1) is 29.1 Å². The van der Waals surface area contributed by atoms with Gasteiger partial charge in [0, 0.05) is 12.0 Å². The first-order chi connectivity index (χ1) is 14.2. The molecule has 0 saturated heterocycles. The van der Waals surface area contributed by atoms with Crippen molar-refractivity contribution in [2.75, 3.05) is 6.61 Å². The molecule has 2 bridgehead atoms. The van der Waals surface area contributed by atoms with Crippen molar-refractivity contribution in [3.63, 3.8) is 0 Å². The molecular formula is C25H40F4O. The van der Waals surface area contributed by atoms with E-state index >= 15 is 17.6 Å². The van der Waals surface area contributed by atoms with Crippen LogP contribution in [-0.4, -0.2) is 24.1 Å². The normalized spacial score (nSPS) is 45.4. The molecule has 0 amide bonds. The molecule has 0 aromatic heterocycles. The zero-order chi connectivity index (χ0) is 21.6. The van der Waals surface area contributed by atoms with Crippen molar-refractivity contribution in [2.45, 2.75) is 121 Å². The molecule has 0 aromatic carbocycles. The minimum absolute atomic E-state index is 0.0598. The van der Waals surface area contributed by atoms with Crippen LogP contribution in [0.3, 0.4) is 0 Å². The minimum atomic E-state index is -4.07. The van der Waals surface area contributed by atoms with Gasteiger partial charge in [0.15, 0.2) is 0 Å². The lowest BCUT2D eigenvalue weighted by Gasteiger charge is -2.63. The second-order valence-electron chi connectivity index (χ2n) is 10.9. The van der Waals surface area contributed by atoms with Gasteiger partial charge in [-0.15, -0.1) is 0 Å². The molecule has 5 heteroatoms. The lowest BCUT2D eigenvalue weighted by molar-refractivity contribution is -0.400. The van der Waals surface area contributed by atoms with E-state index in [1.54, 1.807) is 6.92 Å². The van der Waals surface area contributed by atoms with Crippen LogP contribution < -0.4 is 0 Å². The number of alkyl halides is 4. The Morgan fingerprint density at radius 1 is 0.700 bits per heavy atom. The molecule has 0 N–H and O–H groups in total. The van der Waals surface area contributed by atoms with Crippen LogP contribution in [0.15, 0.2) is 0 Å². The summed E-state index contributed by atoms with van der Waals surface area (Å²) in [7, 11) is 0. The van der Waals surface area contributed by atoms with Gasteiger partial charge >= 0.3 is 11.8 Å². The van der Waals surface area contributed by atoms with Crippen molar-refractivity contribution in [3.05, 3.63) is 0 Å². The minimum Gasteiger partial charge on any atom is -0.369 e. The molecule has 30 heavy (non-hydrogen) atoms. The first-order valence-corrected chi connectivity index (χ1v) is 12.6. The molecule has 0 unspecified atom stereocenters. The van der Waals surface area contributed by atoms with Crippen molar-refractivity contribution in [2.24, 2.45) is 29.1 Å². The number of hydrogen-bond acceptors (Lipinski definition) is 1. The Labute approximate surface area is 179 Å². The summed E-state index contributed by atoms with van der Waals surface area (Å²) < 4.78 is 66.4. The second-order valence-corrected chi connectivity index (χ2v) is 10.9. The highest BCUT2D eigenvalue weighted by Crippen LogP contribution is 2.71. The lowest BCUT2D eigenvalue weighted by atomic mass is 9.48. The van der Waals surface area contributed by atoms with Gasteiger partial charge < -0.3 is 4.74 Å². The topological polar surface area (TPSA) is 9.23 Å². The van der Waals surface area contributed by atoms with Crippen LogP contribution in [0.4, 0.5) is 17.6 Å². The van der Waals surface area contributed by atoms with Gasteiger partial charge in [-0.25, -0.2) is 0 Å². The number of ether oxygens (including phenoxy) is 1. The molecule has 5 aliphatic rings. The highest BCUT2D eigenvalue weighted by Gasteiger charge is 2.83. The molecule has 5 fully saturated rings. The summed E-state index contributed by atoms with van der Waals surface area (Å²) in [5.74, 6) is -6.10. The highest BCUT2D eigenvalue weighted by molar-refractivity contribution is 5.21. The maximum absolute atomic E-state index is 15.4. The van der Waals surface area contributed by atoms with E-state index in [0.717, 1.165) is 24.7 Å². The Balaban J connectivity index is 1.41. The van der Waals surface area contributed by atoms with E-state index in [1.165, 1.54) is 38.5 Å². The Kier molecular flexibility index (Phi) is 6.27. The molecule has 0 heterocycles. The quantitative estimate of drug-likeness (QED) is 0.386. The average Bonchev–Trinajstić information content (AvgIpc) is 2.74. The van der Waals surface area contributed by atoms with Gasteiger partial charge in [-0.3, -0.25) is 0 Å². The van der Waals surface area contributed by atoms with Crippen LogP contribution >= 0.6 is 0 Å². The van der Waals surface area contributed by atoms with Crippen molar-refractivity contribution in [3.8, 4) is 0 Å². The summed E-state index contributed by atoms with van der Waals surface area (Å²) in [4.78, 5) is 0. The highest BCUT2D eigenvalue weighted by atomic mass is 19.3. The summed E-state index contributed by atoms with van der Waals surface area (Å²) in [5, 5.41) is 0. The van der Waals surface area contributed by atoms with Gasteiger partial charge in [-0.1, -0.05) is 32.6 Å². The summed E-state index contributed by atoms with van der Waals surface area (Å²) in [6, 6.07) is 0. The van der Waals surface area contributed by atoms with Crippen molar-refractivity contribution in [1.29, 1.82) is 0 Å². The number of fused-ring (bicyclic) bond motifs is 3. The Morgan fingerprint density at radius 3 is 1.73 bits per heavy atom. The number of halogens is 4. The molecule has 0 radical (unpaired) electrons.